The molecule has 1 aromatic heterocycles. The number of carbonyl (C=O) groups excluding carboxylic acids is 1. The van der Waals surface area contributed by atoms with E-state index in [1.54, 1.807) is 0 Å². The molecule has 0 unspecified atom stereocenters. The zero-order valence-corrected chi connectivity index (χ0v) is 12.2. The van der Waals surface area contributed by atoms with Crippen molar-refractivity contribution in [1.29, 1.82) is 0 Å². The molecule has 0 saturated carbocycles. The Hall–Kier alpha value is -1.88. The third-order valence-electron chi connectivity index (χ3n) is 3.95. The molecule has 1 aliphatic rings. The molecule has 0 bridgehead atoms. The van der Waals surface area contributed by atoms with Crippen molar-refractivity contribution in [1.82, 2.24) is 20.0 Å². The van der Waals surface area contributed by atoms with Gasteiger partial charge in [0, 0.05) is 25.5 Å². The van der Waals surface area contributed by atoms with E-state index < -0.39 is 5.54 Å². The van der Waals surface area contributed by atoms with Gasteiger partial charge in [-0.2, -0.15) is 5.10 Å². The van der Waals surface area contributed by atoms with Crippen LogP contribution in [0.2, 0.25) is 0 Å². The normalized spacial score (nSPS) is 18.8. The predicted molar refractivity (Wildman–Crippen MR) is 78.2 cm³/mol. The summed E-state index contributed by atoms with van der Waals surface area (Å²) < 4.78 is 1.88. The zero-order valence-electron chi connectivity index (χ0n) is 12.2. The third-order valence-corrected chi connectivity index (χ3v) is 3.95. The number of para-hydroxylation sites is 1. The third kappa shape index (κ3) is 2.08. The Morgan fingerprint density at radius 1 is 1.35 bits per heavy atom. The average molecular weight is 272 g/mol. The first-order valence-corrected chi connectivity index (χ1v) is 6.94. The van der Waals surface area contributed by atoms with Crippen LogP contribution < -0.4 is 5.32 Å². The monoisotopic (exact) mass is 272 g/mol. The summed E-state index contributed by atoms with van der Waals surface area (Å²) in [5.41, 5.74) is 1.58. The summed E-state index contributed by atoms with van der Waals surface area (Å²) >= 11 is 0. The Morgan fingerprint density at radius 2 is 2.10 bits per heavy atom. The van der Waals surface area contributed by atoms with Gasteiger partial charge in [-0.05, 0) is 19.9 Å². The van der Waals surface area contributed by atoms with Crippen LogP contribution in [0.15, 0.2) is 24.3 Å². The van der Waals surface area contributed by atoms with Crippen LogP contribution in [-0.4, -0.2) is 39.2 Å². The van der Waals surface area contributed by atoms with Gasteiger partial charge in [0.25, 0.3) is 0 Å². The first kappa shape index (κ1) is 13.1. The fourth-order valence-corrected chi connectivity index (χ4v) is 2.81. The van der Waals surface area contributed by atoms with Crippen LogP contribution in [0.3, 0.4) is 0 Å². The SMILES string of the molecule is Cn1nc(CN2CCNC(C)(C)C2=O)c2ccccc21. The maximum atomic E-state index is 12.4. The molecule has 0 aliphatic carbocycles. The van der Waals surface area contributed by atoms with Crippen LogP contribution >= 0.6 is 0 Å². The Kier molecular flexibility index (Phi) is 3.01. The fourth-order valence-electron chi connectivity index (χ4n) is 2.81. The molecular formula is C15H20N4O. The second kappa shape index (κ2) is 4.59. The summed E-state index contributed by atoms with van der Waals surface area (Å²) in [4.78, 5) is 14.3. The number of rotatable bonds is 2. The van der Waals surface area contributed by atoms with E-state index in [1.165, 1.54) is 0 Å². The fraction of sp³-hybridized carbons (Fsp3) is 0.467. The molecule has 0 radical (unpaired) electrons. The van der Waals surface area contributed by atoms with E-state index in [0.717, 1.165) is 29.7 Å². The van der Waals surface area contributed by atoms with Gasteiger partial charge in [0.2, 0.25) is 5.91 Å². The van der Waals surface area contributed by atoms with Crippen LogP contribution in [-0.2, 0) is 18.4 Å². The summed E-state index contributed by atoms with van der Waals surface area (Å²) in [6, 6.07) is 8.13. The van der Waals surface area contributed by atoms with E-state index in [9.17, 15) is 4.79 Å². The largest absolute Gasteiger partial charge is 0.334 e. The summed E-state index contributed by atoms with van der Waals surface area (Å²) in [5.74, 6) is 0.137. The maximum absolute atomic E-state index is 12.4. The number of amides is 1. The summed E-state index contributed by atoms with van der Waals surface area (Å²) in [6.07, 6.45) is 0. The molecule has 2 heterocycles. The van der Waals surface area contributed by atoms with Gasteiger partial charge >= 0.3 is 0 Å². The van der Waals surface area contributed by atoms with Crippen molar-refractivity contribution in [2.75, 3.05) is 13.1 Å². The lowest BCUT2D eigenvalue weighted by atomic mass is 10.0. The zero-order chi connectivity index (χ0) is 14.3. The highest BCUT2D eigenvalue weighted by molar-refractivity contribution is 5.87. The number of benzene rings is 1. The van der Waals surface area contributed by atoms with Gasteiger partial charge in [0.15, 0.2) is 0 Å². The molecule has 1 aliphatic heterocycles. The summed E-state index contributed by atoms with van der Waals surface area (Å²) in [6.45, 7) is 5.98. The molecule has 0 spiro atoms. The molecule has 1 saturated heterocycles. The molecule has 1 aromatic carbocycles. The minimum Gasteiger partial charge on any atom is -0.334 e. The second-order valence-corrected chi connectivity index (χ2v) is 5.87. The lowest BCUT2D eigenvalue weighted by Crippen LogP contribution is -2.60. The first-order valence-electron chi connectivity index (χ1n) is 6.94. The number of fused-ring (bicyclic) bond motifs is 1. The predicted octanol–water partition coefficient (Wildman–Crippen LogP) is 1.28. The van der Waals surface area contributed by atoms with Crippen LogP contribution in [0.25, 0.3) is 10.9 Å². The van der Waals surface area contributed by atoms with Gasteiger partial charge in [-0.3, -0.25) is 9.48 Å². The standard InChI is InChI=1S/C15H20N4O/c1-15(2)14(20)19(9-8-16-15)10-12-11-6-4-5-7-13(11)18(3)17-12/h4-7,16H,8-10H2,1-3H3. The van der Waals surface area contributed by atoms with Crippen LogP contribution in [0.1, 0.15) is 19.5 Å². The Morgan fingerprint density at radius 3 is 2.90 bits per heavy atom. The van der Waals surface area contributed by atoms with Gasteiger partial charge < -0.3 is 10.2 Å². The number of piperazine rings is 1. The van der Waals surface area contributed by atoms with Gasteiger partial charge in [0.05, 0.1) is 23.3 Å². The van der Waals surface area contributed by atoms with Crippen molar-refractivity contribution >= 4 is 16.8 Å². The smallest absolute Gasteiger partial charge is 0.242 e. The number of nitrogens with zero attached hydrogens (tertiary/aromatic N) is 3. The molecule has 2 aromatic rings. The quantitative estimate of drug-likeness (QED) is 0.896. The Balaban J connectivity index is 1.92. The number of aromatic nitrogens is 2. The number of hydrogen-bond acceptors (Lipinski definition) is 3. The maximum Gasteiger partial charge on any atom is 0.242 e. The van der Waals surface area contributed by atoms with E-state index in [0.29, 0.717) is 6.54 Å². The molecular weight excluding hydrogens is 252 g/mol. The minimum atomic E-state index is -0.483. The summed E-state index contributed by atoms with van der Waals surface area (Å²) in [5, 5.41) is 8.94. The van der Waals surface area contributed by atoms with Crippen LogP contribution in [0.5, 0.6) is 0 Å². The molecule has 5 nitrogen and oxygen atoms in total. The molecule has 1 amide bonds. The van der Waals surface area contributed by atoms with Crippen molar-refractivity contribution < 1.29 is 4.79 Å². The molecule has 3 rings (SSSR count). The highest BCUT2D eigenvalue weighted by Crippen LogP contribution is 2.21. The van der Waals surface area contributed by atoms with E-state index in [1.807, 2.05) is 42.6 Å². The van der Waals surface area contributed by atoms with Crippen LogP contribution in [0, 0.1) is 0 Å². The van der Waals surface area contributed by atoms with Crippen LogP contribution in [0.4, 0.5) is 0 Å². The van der Waals surface area contributed by atoms with E-state index in [-0.39, 0.29) is 5.91 Å². The van der Waals surface area contributed by atoms with Crippen molar-refractivity contribution in [3.05, 3.63) is 30.0 Å². The Bertz CT molecular complexity index is 659. The van der Waals surface area contributed by atoms with Crippen molar-refractivity contribution in [3.8, 4) is 0 Å². The van der Waals surface area contributed by atoms with Crippen molar-refractivity contribution in [2.24, 2.45) is 7.05 Å². The van der Waals surface area contributed by atoms with Gasteiger partial charge in [-0.25, -0.2) is 0 Å². The number of nitrogens with one attached hydrogen (secondary N) is 1. The van der Waals surface area contributed by atoms with Gasteiger partial charge in [-0.15, -0.1) is 0 Å². The van der Waals surface area contributed by atoms with E-state index >= 15 is 0 Å². The summed E-state index contributed by atoms with van der Waals surface area (Å²) in [7, 11) is 1.94. The van der Waals surface area contributed by atoms with Gasteiger partial charge in [0.1, 0.15) is 0 Å². The Labute approximate surface area is 118 Å². The molecule has 1 fully saturated rings. The molecule has 20 heavy (non-hydrogen) atoms. The highest BCUT2D eigenvalue weighted by Gasteiger charge is 2.35. The molecule has 0 atom stereocenters. The molecule has 5 heteroatoms. The number of hydrogen-bond donors (Lipinski definition) is 1. The highest BCUT2D eigenvalue weighted by atomic mass is 16.2. The lowest BCUT2D eigenvalue weighted by molar-refractivity contribution is -0.140. The van der Waals surface area contributed by atoms with E-state index in [2.05, 4.69) is 22.5 Å². The molecule has 106 valence electrons. The second-order valence-electron chi connectivity index (χ2n) is 5.87. The lowest BCUT2D eigenvalue weighted by Gasteiger charge is -2.37. The number of carbonyl (C=O) groups is 1. The molecule has 1 N–H and O–H groups in total. The van der Waals surface area contributed by atoms with Crippen molar-refractivity contribution in [2.45, 2.75) is 25.9 Å². The number of aryl methyl sites for hydroxylation is 1. The van der Waals surface area contributed by atoms with Crippen molar-refractivity contribution in [3.63, 3.8) is 0 Å². The minimum absolute atomic E-state index is 0.137. The topological polar surface area (TPSA) is 50.2 Å². The van der Waals surface area contributed by atoms with Gasteiger partial charge in [-0.1, -0.05) is 18.2 Å². The van der Waals surface area contributed by atoms with E-state index in [4.69, 9.17) is 0 Å². The average Bonchev–Trinajstić information content (AvgIpc) is 2.73. The first-order chi connectivity index (χ1) is 9.49.